The average Bonchev–Trinajstić information content (AvgIpc) is 3.02. The molecular weight excluding hydrogens is 278 g/mol. The summed E-state index contributed by atoms with van der Waals surface area (Å²) in [6.07, 6.45) is 1.55. The van der Waals surface area contributed by atoms with E-state index in [0.717, 1.165) is 11.1 Å². The summed E-state index contributed by atoms with van der Waals surface area (Å²) in [6, 6.07) is 1.78. The molecule has 0 aliphatic heterocycles. The van der Waals surface area contributed by atoms with Crippen molar-refractivity contribution in [2.75, 3.05) is 7.11 Å². The van der Waals surface area contributed by atoms with Crippen LogP contribution in [0.2, 0.25) is 0 Å². The predicted molar refractivity (Wildman–Crippen MR) is 74.9 cm³/mol. The number of aromatic nitrogens is 3. The highest BCUT2D eigenvalue weighted by atomic mass is 32.1. The lowest BCUT2D eigenvalue weighted by Gasteiger charge is -2.01. The van der Waals surface area contributed by atoms with Crippen molar-refractivity contribution in [2.24, 2.45) is 0 Å². The smallest absolute Gasteiger partial charge is 0.271 e. The Hall–Kier alpha value is -1.99. The van der Waals surface area contributed by atoms with Crippen molar-refractivity contribution in [1.82, 2.24) is 14.7 Å². The van der Waals surface area contributed by atoms with Gasteiger partial charge in [0.2, 0.25) is 0 Å². The first-order chi connectivity index (χ1) is 9.69. The lowest BCUT2D eigenvalue weighted by Crippen LogP contribution is -2.20. The van der Waals surface area contributed by atoms with Crippen molar-refractivity contribution in [1.29, 1.82) is 0 Å². The SMILES string of the molecule is COCc1cc(Cn2cnc3c(C)csc3c2=O)no1. The molecule has 0 fully saturated rings. The van der Waals surface area contributed by atoms with Gasteiger partial charge in [0.15, 0.2) is 5.76 Å². The predicted octanol–water partition coefficient (Wildman–Crippen LogP) is 1.95. The number of fused-ring (bicyclic) bond motifs is 1. The van der Waals surface area contributed by atoms with E-state index < -0.39 is 0 Å². The van der Waals surface area contributed by atoms with E-state index in [2.05, 4.69) is 10.1 Å². The van der Waals surface area contributed by atoms with Crippen LogP contribution in [-0.4, -0.2) is 21.8 Å². The van der Waals surface area contributed by atoms with E-state index in [1.54, 1.807) is 19.5 Å². The van der Waals surface area contributed by atoms with E-state index in [1.807, 2.05) is 12.3 Å². The Morgan fingerprint density at radius 1 is 1.50 bits per heavy atom. The van der Waals surface area contributed by atoms with Gasteiger partial charge in [0, 0.05) is 13.2 Å². The Kier molecular flexibility index (Phi) is 3.37. The first kappa shape index (κ1) is 13.0. The van der Waals surface area contributed by atoms with Gasteiger partial charge in [-0.15, -0.1) is 11.3 Å². The molecule has 3 aromatic heterocycles. The molecule has 0 aromatic carbocycles. The fraction of sp³-hybridized carbons (Fsp3) is 0.308. The summed E-state index contributed by atoms with van der Waals surface area (Å²) < 4.78 is 12.3. The normalized spacial score (nSPS) is 11.3. The summed E-state index contributed by atoms with van der Waals surface area (Å²) in [5, 5.41) is 5.86. The highest BCUT2D eigenvalue weighted by Crippen LogP contribution is 2.19. The van der Waals surface area contributed by atoms with Gasteiger partial charge in [-0.3, -0.25) is 9.36 Å². The van der Waals surface area contributed by atoms with Gasteiger partial charge in [-0.1, -0.05) is 5.16 Å². The molecule has 0 bridgehead atoms. The molecule has 0 saturated carbocycles. The van der Waals surface area contributed by atoms with Gasteiger partial charge in [-0.05, 0) is 17.9 Å². The highest BCUT2D eigenvalue weighted by molar-refractivity contribution is 7.17. The second kappa shape index (κ2) is 5.18. The standard InChI is InChI=1S/C13H13N3O3S/c1-8-6-20-12-11(8)14-7-16(13(12)17)4-9-3-10(5-18-2)19-15-9/h3,6-7H,4-5H2,1-2H3. The van der Waals surface area contributed by atoms with Crippen LogP contribution in [0.15, 0.2) is 27.1 Å². The molecule has 0 atom stereocenters. The third kappa shape index (κ3) is 2.25. The average molecular weight is 291 g/mol. The first-order valence-electron chi connectivity index (χ1n) is 6.05. The maximum Gasteiger partial charge on any atom is 0.271 e. The number of hydrogen-bond donors (Lipinski definition) is 0. The number of aryl methyl sites for hydroxylation is 1. The topological polar surface area (TPSA) is 70.2 Å². The molecule has 6 nitrogen and oxygen atoms in total. The summed E-state index contributed by atoms with van der Waals surface area (Å²) in [5.74, 6) is 0.636. The zero-order valence-electron chi connectivity index (χ0n) is 11.1. The molecule has 7 heteroatoms. The number of hydrogen-bond acceptors (Lipinski definition) is 6. The molecule has 20 heavy (non-hydrogen) atoms. The van der Waals surface area contributed by atoms with E-state index in [-0.39, 0.29) is 5.56 Å². The van der Waals surface area contributed by atoms with Crippen LogP contribution in [0.3, 0.4) is 0 Å². The van der Waals surface area contributed by atoms with Crippen LogP contribution in [0.25, 0.3) is 10.2 Å². The minimum absolute atomic E-state index is 0.0515. The fourth-order valence-electron chi connectivity index (χ4n) is 1.99. The number of rotatable bonds is 4. The summed E-state index contributed by atoms with van der Waals surface area (Å²) in [7, 11) is 1.59. The van der Waals surface area contributed by atoms with Crippen LogP contribution in [0.5, 0.6) is 0 Å². The number of thiophene rings is 1. The van der Waals surface area contributed by atoms with Crippen LogP contribution in [0, 0.1) is 6.92 Å². The fourth-order valence-corrected chi connectivity index (χ4v) is 2.94. The Morgan fingerprint density at radius 3 is 3.15 bits per heavy atom. The maximum absolute atomic E-state index is 12.3. The lowest BCUT2D eigenvalue weighted by molar-refractivity contribution is 0.155. The van der Waals surface area contributed by atoms with Crippen molar-refractivity contribution >= 4 is 21.6 Å². The van der Waals surface area contributed by atoms with Crippen LogP contribution in [0.4, 0.5) is 0 Å². The second-order valence-corrected chi connectivity index (χ2v) is 5.37. The van der Waals surface area contributed by atoms with Gasteiger partial charge in [0.05, 0.1) is 18.4 Å². The van der Waals surface area contributed by atoms with E-state index >= 15 is 0 Å². The molecule has 104 valence electrons. The van der Waals surface area contributed by atoms with Crippen molar-refractivity contribution in [3.05, 3.63) is 45.1 Å². The van der Waals surface area contributed by atoms with Crippen molar-refractivity contribution in [3.63, 3.8) is 0 Å². The molecule has 0 N–H and O–H groups in total. The summed E-state index contributed by atoms with van der Waals surface area (Å²) in [4.78, 5) is 16.7. The molecule has 3 heterocycles. The molecule has 3 rings (SSSR count). The minimum atomic E-state index is -0.0515. The molecule has 0 unspecified atom stereocenters. The van der Waals surface area contributed by atoms with Gasteiger partial charge in [0.25, 0.3) is 5.56 Å². The molecule has 0 spiro atoms. The monoisotopic (exact) mass is 291 g/mol. The second-order valence-electron chi connectivity index (χ2n) is 4.49. The van der Waals surface area contributed by atoms with Crippen molar-refractivity contribution in [3.8, 4) is 0 Å². The molecular formula is C13H13N3O3S. The van der Waals surface area contributed by atoms with E-state index in [0.29, 0.717) is 29.3 Å². The zero-order valence-corrected chi connectivity index (χ0v) is 11.9. The quantitative estimate of drug-likeness (QED) is 0.734. The van der Waals surface area contributed by atoms with Crippen LogP contribution in [-0.2, 0) is 17.9 Å². The summed E-state index contributed by atoms with van der Waals surface area (Å²) in [5.41, 5.74) is 2.42. The number of methoxy groups -OCH3 is 1. The van der Waals surface area contributed by atoms with Crippen molar-refractivity contribution < 1.29 is 9.26 Å². The van der Waals surface area contributed by atoms with Gasteiger partial charge in [-0.25, -0.2) is 4.98 Å². The van der Waals surface area contributed by atoms with Gasteiger partial charge in [-0.2, -0.15) is 0 Å². The third-order valence-electron chi connectivity index (χ3n) is 2.95. The molecule has 0 aliphatic carbocycles. The van der Waals surface area contributed by atoms with Crippen LogP contribution >= 0.6 is 11.3 Å². The molecule has 0 aliphatic rings. The minimum Gasteiger partial charge on any atom is -0.377 e. The Morgan fingerprint density at radius 2 is 2.35 bits per heavy atom. The zero-order chi connectivity index (χ0) is 14.1. The highest BCUT2D eigenvalue weighted by Gasteiger charge is 2.10. The first-order valence-corrected chi connectivity index (χ1v) is 6.93. The van der Waals surface area contributed by atoms with Crippen LogP contribution < -0.4 is 5.56 Å². The lowest BCUT2D eigenvalue weighted by atomic mass is 10.3. The molecule has 0 radical (unpaired) electrons. The van der Waals surface area contributed by atoms with E-state index in [9.17, 15) is 4.79 Å². The molecule has 3 aromatic rings. The third-order valence-corrected chi connectivity index (χ3v) is 4.03. The Labute approximate surface area is 118 Å². The van der Waals surface area contributed by atoms with Crippen LogP contribution in [0.1, 0.15) is 17.0 Å². The van der Waals surface area contributed by atoms with Gasteiger partial charge in [0.1, 0.15) is 17.0 Å². The van der Waals surface area contributed by atoms with E-state index in [1.165, 1.54) is 15.9 Å². The molecule has 0 amide bonds. The Bertz CT molecular complexity index is 803. The molecule has 0 saturated heterocycles. The van der Waals surface area contributed by atoms with E-state index in [4.69, 9.17) is 9.26 Å². The number of nitrogens with zero attached hydrogens (tertiary/aromatic N) is 3. The summed E-state index contributed by atoms with van der Waals surface area (Å²) >= 11 is 1.42. The number of ether oxygens (including phenoxy) is 1. The summed E-state index contributed by atoms with van der Waals surface area (Å²) in [6.45, 7) is 2.65. The van der Waals surface area contributed by atoms with Gasteiger partial charge < -0.3 is 9.26 Å². The Balaban J connectivity index is 1.94. The maximum atomic E-state index is 12.3. The largest absolute Gasteiger partial charge is 0.377 e. The van der Waals surface area contributed by atoms with Gasteiger partial charge >= 0.3 is 0 Å². The van der Waals surface area contributed by atoms with Crippen molar-refractivity contribution in [2.45, 2.75) is 20.1 Å².